The highest BCUT2D eigenvalue weighted by Gasteiger charge is 2.01. The molecular weight excluding hydrogens is 188 g/mol. The van der Waals surface area contributed by atoms with Gasteiger partial charge in [-0.25, -0.2) is 8.42 Å². The zero-order valence-corrected chi connectivity index (χ0v) is 8.71. The first kappa shape index (κ1) is 10.2. The summed E-state index contributed by atoms with van der Waals surface area (Å²) in [4.78, 5) is 0. The van der Waals surface area contributed by atoms with Gasteiger partial charge in [-0.1, -0.05) is 0 Å². The predicted octanol–water partition coefficient (Wildman–Crippen LogP) is 0.626. The highest BCUT2D eigenvalue weighted by molar-refractivity contribution is 7.90. The Morgan fingerprint density at radius 2 is 2.23 bits per heavy atom. The maximum atomic E-state index is 10.8. The van der Waals surface area contributed by atoms with E-state index in [1.54, 1.807) is 4.68 Å². The van der Waals surface area contributed by atoms with Crippen LogP contribution in [0.3, 0.4) is 0 Å². The number of rotatable bonds is 4. The summed E-state index contributed by atoms with van der Waals surface area (Å²) in [5, 5.41) is 4.15. The van der Waals surface area contributed by atoms with E-state index < -0.39 is 9.84 Å². The lowest BCUT2D eigenvalue weighted by atomic mass is 10.5. The molecule has 1 aromatic rings. The van der Waals surface area contributed by atoms with Crippen molar-refractivity contribution < 1.29 is 8.42 Å². The second kappa shape index (κ2) is 3.91. The van der Waals surface area contributed by atoms with Crippen molar-refractivity contribution in [3.05, 3.63) is 18.0 Å². The number of nitrogens with zero attached hydrogens (tertiary/aromatic N) is 2. The molecule has 4 nitrogen and oxygen atoms in total. The average molecular weight is 202 g/mol. The van der Waals surface area contributed by atoms with Crippen LogP contribution in [0, 0.1) is 6.92 Å². The molecule has 1 aromatic heterocycles. The largest absolute Gasteiger partial charge is 0.272 e. The van der Waals surface area contributed by atoms with Crippen molar-refractivity contribution in [3.8, 4) is 0 Å². The Hall–Kier alpha value is -0.840. The Labute approximate surface area is 78.5 Å². The van der Waals surface area contributed by atoms with Crippen molar-refractivity contribution >= 4 is 9.84 Å². The van der Waals surface area contributed by atoms with Crippen LogP contribution in [0.2, 0.25) is 0 Å². The van der Waals surface area contributed by atoms with Gasteiger partial charge in [0.1, 0.15) is 9.84 Å². The molecule has 1 heterocycles. The minimum absolute atomic E-state index is 0.228. The first-order valence-electron chi connectivity index (χ1n) is 4.15. The lowest BCUT2D eigenvalue weighted by Gasteiger charge is -1.99. The second-order valence-electron chi connectivity index (χ2n) is 3.20. The third-order valence-electron chi connectivity index (χ3n) is 1.68. The maximum absolute atomic E-state index is 10.8. The zero-order chi connectivity index (χ0) is 9.90. The predicted molar refractivity (Wildman–Crippen MR) is 51.3 cm³/mol. The molecular formula is C8H14N2O2S. The summed E-state index contributed by atoms with van der Waals surface area (Å²) in [6.07, 6.45) is 3.74. The molecule has 0 saturated heterocycles. The van der Waals surface area contributed by atoms with Gasteiger partial charge in [0.2, 0.25) is 0 Å². The topological polar surface area (TPSA) is 52.0 Å². The van der Waals surface area contributed by atoms with E-state index in [2.05, 4.69) is 5.10 Å². The van der Waals surface area contributed by atoms with Crippen LogP contribution in [0.4, 0.5) is 0 Å². The van der Waals surface area contributed by atoms with Crippen molar-refractivity contribution in [2.75, 3.05) is 12.0 Å². The molecule has 0 aromatic carbocycles. The third kappa shape index (κ3) is 4.07. The van der Waals surface area contributed by atoms with Crippen LogP contribution in [0.25, 0.3) is 0 Å². The van der Waals surface area contributed by atoms with E-state index in [1.165, 1.54) is 6.26 Å². The minimum atomic E-state index is -2.83. The van der Waals surface area contributed by atoms with E-state index in [0.717, 1.165) is 5.69 Å². The fraction of sp³-hybridized carbons (Fsp3) is 0.625. The van der Waals surface area contributed by atoms with Gasteiger partial charge in [0.05, 0.1) is 11.4 Å². The molecule has 0 amide bonds. The lowest BCUT2D eigenvalue weighted by molar-refractivity contribution is 0.574. The minimum Gasteiger partial charge on any atom is -0.272 e. The van der Waals surface area contributed by atoms with Crippen molar-refractivity contribution in [2.45, 2.75) is 19.9 Å². The Kier molecular flexibility index (Phi) is 3.08. The molecule has 0 aliphatic rings. The standard InChI is InChI=1S/C8H14N2O2S/c1-8-4-6-10(9-8)5-3-7-13(2,11)12/h4,6H,3,5,7H2,1-2H3. The molecule has 74 valence electrons. The summed E-state index contributed by atoms with van der Waals surface area (Å²) in [5.74, 6) is 0.228. The summed E-state index contributed by atoms with van der Waals surface area (Å²) in [6, 6.07) is 1.90. The summed E-state index contributed by atoms with van der Waals surface area (Å²) < 4.78 is 23.4. The maximum Gasteiger partial charge on any atom is 0.147 e. The van der Waals surface area contributed by atoms with Crippen LogP contribution in [0.15, 0.2) is 12.3 Å². The van der Waals surface area contributed by atoms with Crippen molar-refractivity contribution in [2.24, 2.45) is 0 Å². The number of hydrogen-bond acceptors (Lipinski definition) is 3. The highest BCUT2D eigenvalue weighted by Crippen LogP contribution is 1.96. The van der Waals surface area contributed by atoms with E-state index in [-0.39, 0.29) is 5.75 Å². The van der Waals surface area contributed by atoms with Crippen LogP contribution < -0.4 is 0 Å². The fourth-order valence-electron chi connectivity index (χ4n) is 1.08. The van der Waals surface area contributed by atoms with Gasteiger partial charge in [-0.15, -0.1) is 0 Å². The Morgan fingerprint density at radius 3 is 2.69 bits per heavy atom. The van der Waals surface area contributed by atoms with Crippen molar-refractivity contribution in [3.63, 3.8) is 0 Å². The summed E-state index contributed by atoms with van der Waals surface area (Å²) >= 11 is 0. The number of aryl methyl sites for hydroxylation is 2. The lowest BCUT2D eigenvalue weighted by Crippen LogP contribution is -2.07. The Balaban J connectivity index is 2.36. The van der Waals surface area contributed by atoms with Gasteiger partial charge < -0.3 is 0 Å². The zero-order valence-electron chi connectivity index (χ0n) is 7.90. The van der Waals surface area contributed by atoms with E-state index in [4.69, 9.17) is 0 Å². The van der Waals surface area contributed by atoms with Gasteiger partial charge in [0.25, 0.3) is 0 Å². The van der Waals surface area contributed by atoms with Gasteiger partial charge in [0, 0.05) is 19.0 Å². The molecule has 5 heteroatoms. The van der Waals surface area contributed by atoms with Crippen LogP contribution in [-0.2, 0) is 16.4 Å². The molecule has 0 fully saturated rings. The molecule has 0 saturated carbocycles. The first-order chi connectivity index (χ1) is 5.97. The Bertz CT molecular complexity index is 367. The van der Waals surface area contributed by atoms with E-state index in [9.17, 15) is 8.42 Å². The molecule has 0 aliphatic heterocycles. The molecule has 0 radical (unpaired) electrons. The first-order valence-corrected chi connectivity index (χ1v) is 6.21. The summed E-state index contributed by atoms with van der Waals surface area (Å²) in [5.41, 5.74) is 0.958. The van der Waals surface area contributed by atoms with Crippen molar-refractivity contribution in [1.29, 1.82) is 0 Å². The van der Waals surface area contributed by atoms with Gasteiger partial charge in [-0.2, -0.15) is 5.10 Å². The number of hydrogen-bond donors (Lipinski definition) is 0. The smallest absolute Gasteiger partial charge is 0.147 e. The van der Waals surface area contributed by atoms with Crippen LogP contribution >= 0.6 is 0 Å². The second-order valence-corrected chi connectivity index (χ2v) is 5.46. The molecule has 0 spiro atoms. The molecule has 13 heavy (non-hydrogen) atoms. The van der Waals surface area contributed by atoms with Crippen LogP contribution in [0.1, 0.15) is 12.1 Å². The number of aromatic nitrogens is 2. The van der Waals surface area contributed by atoms with Gasteiger partial charge in [-0.05, 0) is 19.4 Å². The molecule has 0 N–H and O–H groups in total. The van der Waals surface area contributed by atoms with Crippen LogP contribution in [0.5, 0.6) is 0 Å². The van der Waals surface area contributed by atoms with E-state index in [1.807, 2.05) is 19.2 Å². The summed E-state index contributed by atoms with van der Waals surface area (Å²) in [7, 11) is -2.83. The normalized spacial score (nSPS) is 11.8. The molecule has 1 rings (SSSR count). The summed E-state index contributed by atoms with van der Waals surface area (Å²) in [6.45, 7) is 2.58. The molecule has 0 bridgehead atoms. The molecule has 0 aliphatic carbocycles. The van der Waals surface area contributed by atoms with Crippen molar-refractivity contribution in [1.82, 2.24) is 9.78 Å². The Morgan fingerprint density at radius 1 is 1.54 bits per heavy atom. The molecule has 0 unspecified atom stereocenters. The highest BCUT2D eigenvalue weighted by atomic mass is 32.2. The SMILES string of the molecule is Cc1ccn(CCCS(C)(=O)=O)n1. The van der Waals surface area contributed by atoms with Crippen LogP contribution in [-0.4, -0.2) is 30.2 Å². The van der Waals surface area contributed by atoms with Gasteiger partial charge >= 0.3 is 0 Å². The van der Waals surface area contributed by atoms with Gasteiger partial charge in [0.15, 0.2) is 0 Å². The quantitative estimate of drug-likeness (QED) is 0.719. The van der Waals surface area contributed by atoms with E-state index in [0.29, 0.717) is 13.0 Å². The average Bonchev–Trinajstić information content (AvgIpc) is 2.33. The fourth-order valence-corrected chi connectivity index (χ4v) is 1.73. The van der Waals surface area contributed by atoms with Gasteiger partial charge in [-0.3, -0.25) is 4.68 Å². The molecule has 0 atom stereocenters. The monoisotopic (exact) mass is 202 g/mol. The van der Waals surface area contributed by atoms with E-state index >= 15 is 0 Å². The number of sulfone groups is 1. The third-order valence-corrected chi connectivity index (χ3v) is 2.71.